The number of piperazine rings is 1. The summed E-state index contributed by atoms with van der Waals surface area (Å²) in [5, 5.41) is 4.90. The third kappa shape index (κ3) is 5.22. The zero-order valence-corrected chi connectivity index (χ0v) is 16.1. The first-order valence-corrected chi connectivity index (χ1v) is 9.79. The predicted octanol–water partition coefficient (Wildman–Crippen LogP) is 2.08. The molecule has 1 aliphatic rings. The first kappa shape index (κ1) is 19.2. The average molecular weight is 385 g/mol. The standard InChI is InChI=1S/C20H23N3O3S/c1-2-3-9-23(14-16-6-4-11-26-16)19(24)13-18-20(25)21-8-10-22(18)15-17-7-5-12-27-17/h4-7,11-12,18H,8-10,13-15H2,1H3,(H,21,25)/t18-/m1/s1. The Morgan fingerprint density at radius 2 is 2.33 bits per heavy atom. The topological polar surface area (TPSA) is 65.8 Å². The number of rotatable bonds is 7. The molecule has 1 atom stereocenters. The molecule has 0 spiro atoms. The number of carbonyl (C=O) groups excluding carboxylic acids is 2. The number of thiophene rings is 1. The van der Waals surface area contributed by atoms with Crippen molar-refractivity contribution in [2.24, 2.45) is 0 Å². The van der Waals surface area contributed by atoms with Gasteiger partial charge in [0.15, 0.2) is 0 Å². The lowest BCUT2D eigenvalue weighted by molar-refractivity contribution is -0.139. The van der Waals surface area contributed by atoms with Gasteiger partial charge in [0.25, 0.3) is 0 Å². The van der Waals surface area contributed by atoms with Gasteiger partial charge in [-0.3, -0.25) is 14.5 Å². The Hall–Kier alpha value is -2.56. The van der Waals surface area contributed by atoms with E-state index in [-0.39, 0.29) is 18.2 Å². The molecular formula is C20H23N3O3S. The van der Waals surface area contributed by atoms with Crippen LogP contribution in [0.1, 0.15) is 24.0 Å². The molecule has 0 bridgehead atoms. The number of nitrogens with zero attached hydrogens (tertiary/aromatic N) is 2. The molecule has 1 saturated heterocycles. The van der Waals surface area contributed by atoms with E-state index in [4.69, 9.17) is 4.42 Å². The molecule has 0 aliphatic carbocycles. The van der Waals surface area contributed by atoms with Crippen LogP contribution < -0.4 is 5.32 Å². The molecule has 0 radical (unpaired) electrons. The first-order chi connectivity index (χ1) is 13.2. The number of hydrogen-bond acceptors (Lipinski definition) is 5. The van der Waals surface area contributed by atoms with Gasteiger partial charge in [-0.25, -0.2) is 0 Å². The summed E-state index contributed by atoms with van der Waals surface area (Å²) in [6.45, 7) is 4.42. The van der Waals surface area contributed by atoms with Gasteiger partial charge < -0.3 is 14.6 Å². The van der Waals surface area contributed by atoms with Gasteiger partial charge in [-0.15, -0.1) is 17.3 Å². The normalized spacial score (nSPS) is 17.1. The van der Waals surface area contributed by atoms with Crippen LogP contribution in [0.3, 0.4) is 0 Å². The molecular weight excluding hydrogens is 362 g/mol. The molecule has 7 heteroatoms. The second-order valence-corrected chi connectivity index (χ2v) is 7.35. The Morgan fingerprint density at radius 3 is 3.04 bits per heavy atom. The van der Waals surface area contributed by atoms with Crippen LogP contribution in [-0.2, 0) is 22.7 Å². The van der Waals surface area contributed by atoms with Crippen molar-refractivity contribution in [2.75, 3.05) is 19.6 Å². The summed E-state index contributed by atoms with van der Waals surface area (Å²) in [5.74, 6) is 6.26. The number of carbonyl (C=O) groups is 2. The van der Waals surface area contributed by atoms with Gasteiger partial charge in [0.05, 0.1) is 31.8 Å². The lowest BCUT2D eigenvalue weighted by Crippen LogP contribution is -2.56. The monoisotopic (exact) mass is 385 g/mol. The molecule has 0 saturated carbocycles. The summed E-state index contributed by atoms with van der Waals surface area (Å²) in [5.41, 5.74) is 0. The summed E-state index contributed by atoms with van der Waals surface area (Å²) in [6.07, 6.45) is 1.71. The van der Waals surface area contributed by atoms with Crippen LogP contribution in [0.4, 0.5) is 0 Å². The molecule has 6 nitrogen and oxygen atoms in total. The van der Waals surface area contributed by atoms with Gasteiger partial charge in [0.2, 0.25) is 11.8 Å². The van der Waals surface area contributed by atoms with Crippen LogP contribution in [-0.4, -0.2) is 47.3 Å². The Bertz CT molecular complexity index is 805. The maximum absolute atomic E-state index is 12.9. The number of furan rings is 1. The van der Waals surface area contributed by atoms with E-state index in [2.05, 4.69) is 28.1 Å². The van der Waals surface area contributed by atoms with Gasteiger partial charge in [-0.2, -0.15) is 0 Å². The van der Waals surface area contributed by atoms with Crippen molar-refractivity contribution in [3.8, 4) is 11.8 Å². The minimum absolute atomic E-state index is 0.0920. The fourth-order valence-electron chi connectivity index (χ4n) is 3.07. The Balaban J connectivity index is 1.70. The molecule has 3 rings (SSSR count). The van der Waals surface area contributed by atoms with E-state index in [1.54, 1.807) is 35.5 Å². The molecule has 1 N–H and O–H groups in total. The van der Waals surface area contributed by atoms with Gasteiger partial charge in [0, 0.05) is 24.5 Å². The van der Waals surface area contributed by atoms with Crippen molar-refractivity contribution >= 4 is 23.2 Å². The largest absolute Gasteiger partial charge is 0.467 e. The third-order valence-corrected chi connectivity index (χ3v) is 5.34. The van der Waals surface area contributed by atoms with Crippen molar-refractivity contribution in [2.45, 2.75) is 32.5 Å². The molecule has 1 aliphatic heterocycles. The van der Waals surface area contributed by atoms with Crippen LogP contribution in [0.2, 0.25) is 0 Å². The predicted molar refractivity (Wildman–Crippen MR) is 104 cm³/mol. The van der Waals surface area contributed by atoms with Gasteiger partial charge >= 0.3 is 0 Å². The van der Waals surface area contributed by atoms with E-state index in [0.29, 0.717) is 31.9 Å². The molecule has 2 aromatic heterocycles. The van der Waals surface area contributed by atoms with E-state index in [0.717, 1.165) is 6.54 Å². The van der Waals surface area contributed by atoms with Crippen LogP contribution in [0.15, 0.2) is 40.3 Å². The summed E-state index contributed by atoms with van der Waals surface area (Å²) in [4.78, 5) is 30.3. The average Bonchev–Trinajstić information content (AvgIpc) is 3.35. The maximum atomic E-state index is 12.9. The van der Waals surface area contributed by atoms with E-state index in [1.807, 2.05) is 17.5 Å². The highest BCUT2D eigenvalue weighted by molar-refractivity contribution is 7.09. The quantitative estimate of drug-likeness (QED) is 0.741. The molecule has 2 amide bonds. The number of nitrogens with one attached hydrogen (secondary N) is 1. The maximum Gasteiger partial charge on any atom is 0.237 e. The van der Waals surface area contributed by atoms with Crippen molar-refractivity contribution in [3.63, 3.8) is 0 Å². The Morgan fingerprint density at radius 1 is 1.44 bits per heavy atom. The van der Waals surface area contributed by atoms with E-state index in [1.165, 1.54) is 4.88 Å². The Labute approximate surface area is 163 Å². The minimum atomic E-state index is -0.470. The van der Waals surface area contributed by atoms with Crippen LogP contribution in [0.25, 0.3) is 0 Å². The zero-order chi connectivity index (χ0) is 19.1. The second-order valence-electron chi connectivity index (χ2n) is 6.32. The number of amides is 2. The molecule has 0 unspecified atom stereocenters. The van der Waals surface area contributed by atoms with Crippen LogP contribution >= 0.6 is 11.3 Å². The fraction of sp³-hybridized carbons (Fsp3) is 0.400. The third-order valence-electron chi connectivity index (χ3n) is 4.47. The smallest absolute Gasteiger partial charge is 0.237 e. The van der Waals surface area contributed by atoms with Crippen molar-refractivity contribution in [3.05, 3.63) is 46.5 Å². The summed E-state index contributed by atoms with van der Waals surface area (Å²) in [6, 6.07) is 7.20. The van der Waals surface area contributed by atoms with E-state index < -0.39 is 6.04 Å². The van der Waals surface area contributed by atoms with Crippen molar-refractivity contribution in [1.29, 1.82) is 0 Å². The zero-order valence-electron chi connectivity index (χ0n) is 15.3. The van der Waals surface area contributed by atoms with E-state index >= 15 is 0 Å². The molecule has 2 aromatic rings. The fourth-order valence-corrected chi connectivity index (χ4v) is 3.80. The first-order valence-electron chi connectivity index (χ1n) is 8.91. The van der Waals surface area contributed by atoms with Gasteiger partial charge in [0.1, 0.15) is 5.76 Å². The van der Waals surface area contributed by atoms with E-state index in [9.17, 15) is 9.59 Å². The highest BCUT2D eigenvalue weighted by atomic mass is 32.1. The lowest BCUT2D eigenvalue weighted by Gasteiger charge is -2.35. The van der Waals surface area contributed by atoms with Crippen LogP contribution in [0, 0.1) is 11.8 Å². The summed E-state index contributed by atoms with van der Waals surface area (Å²) >= 11 is 1.66. The molecule has 0 aromatic carbocycles. The SMILES string of the molecule is CC#CCN(Cc1ccco1)C(=O)C[C@@H]1C(=O)NCCN1Cc1cccs1. The van der Waals surface area contributed by atoms with Crippen molar-refractivity contribution in [1.82, 2.24) is 15.1 Å². The minimum Gasteiger partial charge on any atom is -0.467 e. The molecule has 142 valence electrons. The lowest BCUT2D eigenvalue weighted by atomic mass is 10.1. The van der Waals surface area contributed by atoms with Crippen molar-refractivity contribution < 1.29 is 14.0 Å². The van der Waals surface area contributed by atoms with Gasteiger partial charge in [-0.05, 0) is 30.5 Å². The number of hydrogen-bond donors (Lipinski definition) is 1. The highest BCUT2D eigenvalue weighted by Gasteiger charge is 2.33. The second kappa shape index (κ2) is 9.40. The molecule has 1 fully saturated rings. The van der Waals surface area contributed by atoms with Gasteiger partial charge in [-0.1, -0.05) is 12.0 Å². The summed E-state index contributed by atoms with van der Waals surface area (Å²) < 4.78 is 5.37. The molecule has 3 heterocycles. The highest BCUT2D eigenvalue weighted by Crippen LogP contribution is 2.18. The summed E-state index contributed by atoms with van der Waals surface area (Å²) in [7, 11) is 0. The molecule has 27 heavy (non-hydrogen) atoms. The Kier molecular flexibility index (Phi) is 6.69. The van der Waals surface area contributed by atoms with Crippen LogP contribution in [0.5, 0.6) is 0 Å².